The fraction of sp³-hybridized carbons (Fsp3) is 0.824. The Morgan fingerprint density at radius 1 is 1.24 bits per heavy atom. The standard InChI is InChI=1S/C17H31IN2O4S/c1-6-8-17(18,7-2)25-12(15(23)24)9-13(21)20-11(10-19)14(22)16(3,4)5/h11-12H,6-10,19H2,1-5H3,(H,20,21)(H,23,24). The van der Waals surface area contributed by atoms with Crippen LogP contribution in [0.3, 0.4) is 0 Å². The fourth-order valence-electron chi connectivity index (χ4n) is 2.30. The van der Waals surface area contributed by atoms with Gasteiger partial charge < -0.3 is 16.2 Å². The van der Waals surface area contributed by atoms with Gasteiger partial charge in [0.2, 0.25) is 5.91 Å². The maximum Gasteiger partial charge on any atom is 0.317 e. The summed E-state index contributed by atoms with van der Waals surface area (Å²) in [4.78, 5) is 36.2. The van der Waals surface area contributed by atoms with E-state index in [-0.39, 0.29) is 21.5 Å². The number of carboxylic acid groups (broad SMARTS) is 1. The highest BCUT2D eigenvalue weighted by molar-refractivity contribution is 14.1. The third-order valence-electron chi connectivity index (χ3n) is 3.78. The van der Waals surface area contributed by atoms with E-state index in [4.69, 9.17) is 5.73 Å². The zero-order chi connectivity index (χ0) is 19.8. The van der Waals surface area contributed by atoms with Crippen LogP contribution in [0.15, 0.2) is 0 Å². The molecule has 0 aromatic rings. The summed E-state index contributed by atoms with van der Waals surface area (Å²) < 4.78 is -0.218. The number of halogens is 1. The van der Waals surface area contributed by atoms with Crippen LogP contribution in [0.1, 0.15) is 60.3 Å². The predicted molar refractivity (Wildman–Crippen MR) is 111 cm³/mol. The van der Waals surface area contributed by atoms with Crippen molar-refractivity contribution in [2.75, 3.05) is 6.54 Å². The lowest BCUT2D eigenvalue weighted by atomic mass is 9.86. The molecule has 0 aliphatic heterocycles. The Kier molecular flexibility index (Phi) is 10.6. The largest absolute Gasteiger partial charge is 0.480 e. The van der Waals surface area contributed by atoms with Crippen molar-refractivity contribution in [2.45, 2.75) is 74.3 Å². The van der Waals surface area contributed by atoms with Crippen molar-refractivity contribution in [1.29, 1.82) is 0 Å². The van der Waals surface area contributed by atoms with Gasteiger partial charge in [-0.2, -0.15) is 0 Å². The first-order valence-corrected chi connectivity index (χ1v) is 10.5. The Hall–Kier alpha value is -0.350. The molecular formula is C17H31IN2O4S. The number of hydrogen-bond donors (Lipinski definition) is 3. The number of carboxylic acids is 1. The highest BCUT2D eigenvalue weighted by Gasteiger charge is 2.35. The summed E-state index contributed by atoms with van der Waals surface area (Å²) in [6.45, 7) is 9.34. The Balaban J connectivity index is 5.01. The van der Waals surface area contributed by atoms with Gasteiger partial charge in [-0.05, 0) is 12.8 Å². The van der Waals surface area contributed by atoms with Gasteiger partial charge in [0.1, 0.15) is 11.3 Å². The first-order chi connectivity index (χ1) is 11.4. The van der Waals surface area contributed by atoms with E-state index in [2.05, 4.69) is 34.8 Å². The number of rotatable bonds is 11. The van der Waals surface area contributed by atoms with Gasteiger partial charge in [-0.25, -0.2) is 0 Å². The molecule has 0 bridgehead atoms. The predicted octanol–water partition coefficient (Wildman–Crippen LogP) is 2.96. The molecular weight excluding hydrogens is 455 g/mol. The first kappa shape index (κ1) is 24.7. The number of aliphatic carboxylic acids is 1. The number of nitrogens with one attached hydrogen (secondary N) is 1. The molecule has 0 saturated carbocycles. The van der Waals surface area contributed by atoms with Gasteiger partial charge in [-0.15, -0.1) is 11.8 Å². The van der Waals surface area contributed by atoms with E-state index in [0.29, 0.717) is 0 Å². The van der Waals surface area contributed by atoms with Crippen LogP contribution in [0.4, 0.5) is 0 Å². The van der Waals surface area contributed by atoms with Crippen LogP contribution in [-0.2, 0) is 14.4 Å². The van der Waals surface area contributed by atoms with Crippen molar-refractivity contribution >= 4 is 52.0 Å². The number of amides is 1. The summed E-state index contributed by atoms with van der Waals surface area (Å²) in [5.74, 6) is -1.64. The molecule has 3 atom stereocenters. The Morgan fingerprint density at radius 3 is 2.16 bits per heavy atom. The molecule has 0 aromatic heterocycles. The number of carbonyl (C=O) groups is 3. The molecule has 0 fully saturated rings. The summed E-state index contributed by atoms with van der Waals surface area (Å²) in [5.41, 5.74) is 4.99. The second-order valence-corrected chi connectivity index (χ2v) is 11.5. The third-order valence-corrected chi connectivity index (χ3v) is 7.41. The molecule has 146 valence electrons. The van der Waals surface area contributed by atoms with E-state index in [9.17, 15) is 19.5 Å². The van der Waals surface area contributed by atoms with Crippen molar-refractivity contribution < 1.29 is 19.5 Å². The van der Waals surface area contributed by atoms with Crippen LogP contribution in [-0.4, -0.2) is 43.4 Å². The average Bonchev–Trinajstić information content (AvgIpc) is 2.50. The van der Waals surface area contributed by atoms with Crippen molar-refractivity contribution in [3.8, 4) is 0 Å². The third kappa shape index (κ3) is 8.72. The van der Waals surface area contributed by atoms with E-state index >= 15 is 0 Å². The summed E-state index contributed by atoms with van der Waals surface area (Å²) >= 11 is 3.59. The highest BCUT2D eigenvalue weighted by Crippen LogP contribution is 2.43. The zero-order valence-electron chi connectivity index (χ0n) is 15.7. The second kappa shape index (κ2) is 10.7. The van der Waals surface area contributed by atoms with Gasteiger partial charge in [0, 0.05) is 18.4 Å². The highest BCUT2D eigenvalue weighted by atomic mass is 127. The molecule has 0 rings (SSSR count). The Bertz CT molecular complexity index is 482. The van der Waals surface area contributed by atoms with Crippen LogP contribution in [0.5, 0.6) is 0 Å². The van der Waals surface area contributed by atoms with Crippen LogP contribution in [0, 0.1) is 5.41 Å². The number of ketones is 1. The topological polar surface area (TPSA) is 109 Å². The molecule has 6 nitrogen and oxygen atoms in total. The molecule has 0 aliphatic rings. The maximum absolute atomic E-state index is 12.3. The Labute approximate surface area is 168 Å². The molecule has 8 heteroatoms. The molecule has 4 N–H and O–H groups in total. The normalized spacial score (nSPS) is 16.6. The number of Topliss-reactive ketones (excluding diaryl/α,β-unsaturated/α-hetero) is 1. The molecule has 0 aromatic carbocycles. The number of thioether (sulfide) groups is 1. The number of carbonyl (C=O) groups excluding carboxylic acids is 2. The van der Waals surface area contributed by atoms with Crippen LogP contribution in [0.25, 0.3) is 0 Å². The summed E-state index contributed by atoms with van der Waals surface area (Å²) in [6, 6.07) is -0.793. The molecule has 25 heavy (non-hydrogen) atoms. The zero-order valence-corrected chi connectivity index (χ0v) is 18.7. The molecule has 0 aliphatic carbocycles. The number of alkyl halides is 1. The van der Waals surface area contributed by atoms with Crippen LogP contribution in [0.2, 0.25) is 0 Å². The fourth-order valence-corrected chi connectivity index (χ4v) is 5.10. The smallest absolute Gasteiger partial charge is 0.317 e. The first-order valence-electron chi connectivity index (χ1n) is 8.53. The molecule has 0 heterocycles. The SMILES string of the molecule is CCCC(I)(CC)SC(CC(=O)NC(CN)C(=O)C(C)(C)C)C(=O)O. The van der Waals surface area contributed by atoms with Gasteiger partial charge in [-0.3, -0.25) is 14.4 Å². The minimum Gasteiger partial charge on any atom is -0.480 e. The van der Waals surface area contributed by atoms with Crippen molar-refractivity contribution in [1.82, 2.24) is 5.32 Å². The summed E-state index contributed by atoms with van der Waals surface area (Å²) in [5, 5.41) is 11.2. The van der Waals surface area contributed by atoms with Crippen molar-refractivity contribution in [2.24, 2.45) is 11.1 Å². The van der Waals surface area contributed by atoms with Crippen LogP contribution < -0.4 is 11.1 Å². The van der Waals surface area contributed by atoms with Crippen molar-refractivity contribution in [3.05, 3.63) is 0 Å². The molecule has 0 spiro atoms. The van der Waals surface area contributed by atoms with Gasteiger partial charge in [0.15, 0.2) is 5.78 Å². The lowest BCUT2D eigenvalue weighted by molar-refractivity contribution is -0.138. The molecule has 0 radical (unpaired) electrons. The van der Waals surface area contributed by atoms with Gasteiger partial charge >= 0.3 is 5.97 Å². The van der Waals surface area contributed by atoms with E-state index in [1.807, 2.05) is 6.92 Å². The molecule has 0 saturated heterocycles. The lowest BCUT2D eigenvalue weighted by Crippen LogP contribution is -2.50. The van der Waals surface area contributed by atoms with E-state index in [1.54, 1.807) is 20.8 Å². The lowest BCUT2D eigenvalue weighted by Gasteiger charge is -2.29. The van der Waals surface area contributed by atoms with E-state index < -0.39 is 28.6 Å². The summed E-state index contributed by atoms with van der Waals surface area (Å²) in [6.07, 6.45) is 2.44. The maximum atomic E-state index is 12.3. The van der Waals surface area contributed by atoms with E-state index in [0.717, 1.165) is 19.3 Å². The Morgan fingerprint density at radius 2 is 1.80 bits per heavy atom. The van der Waals surface area contributed by atoms with Gasteiger partial charge in [-0.1, -0.05) is 63.6 Å². The molecule has 3 unspecified atom stereocenters. The average molecular weight is 486 g/mol. The monoisotopic (exact) mass is 486 g/mol. The quantitative estimate of drug-likeness (QED) is 0.306. The minimum atomic E-state index is -1.02. The van der Waals surface area contributed by atoms with Crippen LogP contribution >= 0.6 is 34.4 Å². The second-order valence-electron chi connectivity index (χ2n) is 7.11. The number of hydrogen-bond acceptors (Lipinski definition) is 5. The number of nitrogens with two attached hydrogens (primary N) is 1. The van der Waals surface area contributed by atoms with Crippen molar-refractivity contribution in [3.63, 3.8) is 0 Å². The summed E-state index contributed by atoms with van der Waals surface area (Å²) in [7, 11) is 0. The van der Waals surface area contributed by atoms with Gasteiger partial charge in [0.05, 0.1) is 2.75 Å². The van der Waals surface area contributed by atoms with E-state index in [1.165, 1.54) is 11.8 Å². The van der Waals surface area contributed by atoms with Gasteiger partial charge in [0.25, 0.3) is 0 Å². The molecule has 1 amide bonds. The minimum absolute atomic E-state index is 0.00621.